The van der Waals surface area contributed by atoms with E-state index in [-0.39, 0.29) is 12.0 Å². The number of carbonyl (C=O) groups is 1. The van der Waals surface area contributed by atoms with Gasteiger partial charge in [-0.25, -0.2) is 0 Å². The number of nitrogens with one attached hydrogen (secondary N) is 2. The second-order valence-corrected chi connectivity index (χ2v) is 8.86. The first-order valence-corrected chi connectivity index (χ1v) is 10.9. The van der Waals surface area contributed by atoms with Gasteiger partial charge in [-0.3, -0.25) is 15.1 Å². The van der Waals surface area contributed by atoms with Crippen molar-refractivity contribution in [2.24, 2.45) is 0 Å². The molecule has 0 saturated carbocycles. The van der Waals surface area contributed by atoms with Gasteiger partial charge in [-0.2, -0.15) is 0 Å². The Morgan fingerprint density at radius 1 is 1.34 bits per heavy atom. The maximum Gasteiger partial charge on any atom is 0.261 e. The van der Waals surface area contributed by atoms with E-state index in [1.54, 1.807) is 19.2 Å². The first-order valence-electron chi connectivity index (χ1n) is 9.67. The van der Waals surface area contributed by atoms with Crippen LogP contribution in [0.15, 0.2) is 42.5 Å². The third kappa shape index (κ3) is 4.75. The van der Waals surface area contributed by atoms with E-state index >= 15 is 0 Å². The lowest BCUT2D eigenvalue weighted by Crippen LogP contribution is -2.32. The highest BCUT2D eigenvalue weighted by molar-refractivity contribution is 7.17. The third-order valence-electron chi connectivity index (χ3n) is 5.18. The van der Waals surface area contributed by atoms with Crippen LogP contribution in [0, 0.1) is 0 Å². The van der Waals surface area contributed by atoms with Crippen molar-refractivity contribution in [1.82, 2.24) is 10.8 Å². The van der Waals surface area contributed by atoms with Gasteiger partial charge in [0, 0.05) is 19.3 Å². The fourth-order valence-electron chi connectivity index (χ4n) is 3.74. The zero-order valence-corrected chi connectivity index (χ0v) is 17.8. The van der Waals surface area contributed by atoms with Crippen molar-refractivity contribution in [1.29, 1.82) is 0 Å². The lowest BCUT2D eigenvalue weighted by atomic mass is 10.1. The molecule has 8 heteroatoms. The number of amides is 1. The lowest BCUT2D eigenvalue weighted by molar-refractivity contribution is 0.0499. The van der Waals surface area contributed by atoms with Crippen molar-refractivity contribution >= 4 is 40.2 Å². The molecular weight excluding hydrogens is 410 g/mol. The number of thiophene rings is 1. The van der Waals surface area contributed by atoms with Gasteiger partial charge in [0.25, 0.3) is 5.91 Å². The molecule has 1 aromatic heterocycles. The van der Waals surface area contributed by atoms with Crippen LogP contribution in [-0.4, -0.2) is 44.9 Å². The van der Waals surface area contributed by atoms with Gasteiger partial charge in [0.15, 0.2) is 0 Å². The lowest BCUT2D eigenvalue weighted by Gasteiger charge is -2.26. The Balaban J connectivity index is 1.34. The number of methoxy groups -OCH3 is 1. The largest absolute Gasteiger partial charge is 0.383 e. The average Bonchev–Trinajstić information content (AvgIpc) is 3.47. The maximum absolute atomic E-state index is 12.1. The summed E-state index contributed by atoms with van der Waals surface area (Å²) in [6.07, 6.45) is 4.12. The standard InChI is InChI=1S/C21H24ClN3O3S/c1-27-13-16-3-2-10-25(16)15-6-4-14(5-7-15)18-11-17(28-24-18)12-23-21(26)19-8-9-20(22)29-19/h4-9,11,16-17,24H,2-3,10,12-13H2,1H3,(H,23,26)/t16-,17?/m1/s1. The fourth-order valence-corrected chi connectivity index (χ4v) is 4.70. The molecule has 1 aromatic carbocycles. The molecule has 1 unspecified atom stereocenters. The highest BCUT2D eigenvalue weighted by atomic mass is 35.5. The minimum atomic E-state index is -0.228. The van der Waals surface area contributed by atoms with Crippen LogP contribution >= 0.6 is 22.9 Å². The molecule has 4 rings (SSSR count). The van der Waals surface area contributed by atoms with Gasteiger partial charge < -0.3 is 15.0 Å². The highest BCUT2D eigenvalue weighted by Gasteiger charge is 2.25. The molecule has 0 bridgehead atoms. The van der Waals surface area contributed by atoms with Crippen LogP contribution in [0.5, 0.6) is 0 Å². The molecule has 2 N–H and O–H groups in total. The predicted octanol–water partition coefficient (Wildman–Crippen LogP) is 3.69. The monoisotopic (exact) mass is 433 g/mol. The molecular formula is C21H24ClN3O3S. The average molecular weight is 434 g/mol. The molecule has 2 aliphatic rings. The zero-order chi connectivity index (χ0) is 20.2. The number of hydrogen-bond donors (Lipinski definition) is 2. The normalized spacial score (nSPS) is 21.2. The summed E-state index contributed by atoms with van der Waals surface area (Å²) >= 11 is 7.14. The van der Waals surface area contributed by atoms with Gasteiger partial charge in [-0.05, 0) is 48.7 Å². The number of ether oxygens (including phenoxy) is 1. The fraction of sp³-hybridized carbons (Fsp3) is 0.381. The maximum atomic E-state index is 12.1. The summed E-state index contributed by atoms with van der Waals surface area (Å²) in [6, 6.07) is 12.3. The number of carbonyl (C=O) groups excluding carboxylic acids is 1. The Kier molecular flexibility index (Phi) is 6.40. The topological polar surface area (TPSA) is 62.8 Å². The Hall–Kier alpha value is -2.06. The van der Waals surface area contributed by atoms with Crippen molar-refractivity contribution in [3.8, 4) is 0 Å². The molecule has 0 radical (unpaired) electrons. The van der Waals surface area contributed by atoms with Gasteiger partial charge in [0.1, 0.15) is 6.10 Å². The minimum Gasteiger partial charge on any atom is -0.383 e. The summed E-state index contributed by atoms with van der Waals surface area (Å²) in [4.78, 5) is 20.7. The summed E-state index contributed by atoms with van der Waals surface area (Å²) in [5.74, 6) is -0.145. The van der Waals surface area contributed by atoms with E-state index in [9.17, 15) is 4.79 Å². The molecule has 1 fully saturated rings. The third-order valence-corrected chi connectivity index (χ3v) is 6.41. The van der Waals surface area contributed by atoms with Crippen molar-refractivity contribution in [3.05, 3.63) is 57.3 Å². The second-order valence-electron chi connectivity index (χ2n) is 7.14. The van der Waals surface area contributed by atoms with Crippen LogP contribution in [0.1, 0.15) is 28.1 Å². The number of hydrogen-bond acceptors (Lipinski definition) is 6. The molecule has 0 aliphatic carbocycles. The van der Waals surface area contributed by atoms with Crippen molar-refractivity contribution in [3.63, 3.8) is 0 Å². The van der Waals surface area contributed by atoms with E-state index in [1.807, 2.05) is 6.08 Å². The Morgan fingerprint density at radius 2 is 2.17 bits per heavy atom. The molecule has 3 heterocycles. The molecule has 6 nitrogen and oxygen atoms in total. The second kappa shape index (κ2) is 9.17. The summed E-state index contributed by atoms with van der Waals surface area (Å²) in [6.45, 7) is 2.21. The molecule has 0 spiro atoms. The Labute approximate surface area is 179 Å². The first-order chi connectivity index (χ1) is 14.1. The van der Waals surface area contributed by atoms with Crippen LogP contribution in [0.25, 0.3) is 5.70 Å². The van der Waals surface area contributed by atoms with E-state index in [1.165, 1.54) is 29.9 Å². The predicted molar refractivity (Wildman–Crippen MR) is 116 cm³/mol. The number of rotatable bonds is 7. The molecule has 1 saturated heterocycles. The Bertz CT molecular complexity index is 884. The summed E-state index contributed by atoms with van der Waals surface area (Å²) < 4.78 is 5.95. The van der Waals surface area contributed by atoms with E-state index in [0.717, 1.165) is 24.4 Å². The van der Waals surface area contributed by atoms with Crippen LogP contribution < -0.4 is 15.7 Å². The van der Waals surface area contributed by atoms with Crippen LogP contribution in [0.4, 0.5) is 5.69 Å². The smallest absolute Gasteiger partial charge is 0.261 e. The highest BCUT2D eigenvalue weighted by Crippen LogP contribution is 2.28. The summed E-state index contributed by atoms with van der Waals surface area (Å²) in [5, 5.41) is 2.87. The quantitative estimate of drug-likeness (QED) is 0.697. The molecule has 2 aromatic rings. The first kappa shape index (κ1) is 20.2. The molecule has 29 heavy (non-hydrogen) atoms. The number of anilines is 1. The van der Waals surface area contributed by atoms with E-state index < -0.39 is 0 Å². The summed E-state index contributed by atoms with van der Waals surface area (Å²) in [7, 11) is 1.76. The van der Waals surface area contributed by atoms with Crippen LogP contribution in [0.3, 0.4) is 0 Å². The van der Waals surface area contributed by atoms with E-state index in [0.29, 0.717) is 21.8 Å². The molecule has 2 atom stereocenters. The van der Waals surface area contributed by atoms with Gasteiger partial charge in [-0.15, -0.1) is 11.3 Å². The van der Waals surface area contributed by atoms with Crippen LogP contribution in [0.2, 0.25) is 4.34 Å². The van der Waals surface area contributed by atoms with Gasteiger partial charge in [-0.1, -0.05) is 23.7 Å². The SMILES string of the molecule is COC[C@H]1CCCN1c1ccc(C2=CC(CNC(=O)c3ccc(Cl)s3)ON2)cc1. The number of benzene rings is 1. The molecule has 154 valence electrons. The Morgan fingerprint density at radius 3 is 2.90 bits per heavy atom. The number of nitrogens with zero attached hydrogens (tertiary/aromatic N) is 1. The van der Waals surface area contributed by atoms with Crippen LogP contribution in [-0.2, 0) is 9.57 Å². The van der Waals surface area contributed by atoms with Gasteiger partial charge in [0.05, 0.1) is 34.1 Å². The number of halogens is 1. The minimum absolute atomic E-state index is 0.145. The number of hydroxylamine groups is 1. The van der Waals surface area contributed by atoms with E-state index in [2.05, 4.69) is 40.0 Å². The zero-order valence-electron chi connectivity index (χ0n) is 16.2. The van der Waals surface area contributed by atoms with Crippen molar-refractivity contribution in [2.75, 3.05) is 31.7 Å². The molecule has 1 amide bonds. The molecule has 2 aliphatic heterocycles. The van der Waals surface area contributed by atoms with Crippen molar-refractivity contribution in [2.45, 2.75) is 25.0 Å². The van der Waals surface area contributed by atoms with E-state index in [4.69, 9.17) is 21.2 Å². The van der Waals surface area contributed by atoms with Gasteiger partial charge >= 0.3 is 0 Å². The van der Waals surface area contributed by atoms with Gasteiger partial charge in [0.2, 0.25) is 0 Å². The van der Waals surface area contributed by atoms with Crippen molar-refractivity contribution < 1.29 is 14.4 Å². The summed E-state index contributed by atoms with van der Waals surface area (Å²) in [5.41, 5.74) is 6.14.